The van der Waals surface area contributed by atoms with E-state index in [-0.39, 0.29) is 16.8 Å². The Kier molecular flexibility index (Phi) is 6.77. The predicted octanol–water partition coefficient (Wildman–Crippen LogP) is 1.49. The van der Waals surface area contributed by atoms with Gasteiger partial charge in [0.25, 0.3) is 5.91 Å². The summed E-state index contributed by atoms with van der Waals surface area (Å²) in [5.41, 5.74) is 0.472. The molecule has 0 saturated carbocycles. The van der Waals surface area contributed by atoms with Gasteiger partial charge in [0.05, 0.1) is 4.90 Å². The second kappa shape index (κ2) is 8.60. The Morgan fingerprint density at radius 1 is 1.29 bits per heavy atom. The maximum absolute atomic E-state index is 12.1. The number of hydrogen-bond acceptors (Lipinski definition) is 4. The Bertz CT molecular complexity index is 636. The maximum atomic E-state index is 12.1. The zero-order valence-corrected chi connectivity index (χ0v) is 15.2. The minimum absolute atomic E-state index is 0.167. The lowest BCUT2D eigenvalue weighted by Gasteiger charge is -2.22. The van der Waals surface area contributed by atoms with E-state index in [4.69, 9.17) is 0 Å². The van der Waals surface area contributed by atoms with Gasteiger partial charge in [-0.1, -0.05) is 0 Å². The van der Waals surface area contributed by atoms with Crippen LogP contribution in [0.2, 0.25) is 0 Å². The molecule has 7 heteroatoms. The third kappa shape index (κ3) is 5.58. The van der Waals surface area contributed by atoms with Crippen LogP contribution in [0.1, 0.15) is 43.5 Å². The molecule has 1 atom stereocenters. The molecular weight excluding hydrogens is 326 g/mol. The first-order valence-electron chi connectivity index (χ1n) is 8.50. The Morgan fingerprint density at radius 2 is 2.00 bits per heavy atom. The number of sulfonamides is 1. The first-order chi connectivity index (χ1) is 11.4. The van der Waals surface area contributed by atoms with Crippen LogP contribution in [0.4, 0.5) is 0 Å². The van der Waals surface area contributed by atoms with Crippen molar-refractivity contribution in [2.45, 2.75) is 44.0 Å². The summed E-state index contributed by atoms with van der Waals surface area (Å²) in [6.07, 6.45) is 3.36. The molecule has 1 aliphatic rings. The van der Waals surface area contributed by atoms with Crippen LogP contribution in [-0.2, 0) is 10.0 Å². The molecule has 1 aromatic carbocycles. The third-order valence-electron chi connectivity index (χ3n) is 4.05. The van der Waals surface area contributed by atoms with E-state index < -0.39 is 10.0 Å². The van der Waals surface area contributed by atoms with Crippen molar-refractivity contribution in [2.75, 3.05) is 19.6 Å². The molecule has 0 bridgehead atoms. The van der Waals surface area contributed by atoms with E-state index in [9.17, 15) is 13.2 Å². The Morgan fingerprint density at radius 3 is 2.58 bits per heavy atom. The number of piperidine rings is 1. The average Bonchev–Trinajstić information content (AvgIpc) is 2.55. The van der Waals surface area contributed by atoms with Crippen molar-refractivity contribution in [1.82, 2.24) is 15.4 Å². The van der Waals surface area contributed by atoms with E-state index in [1.54, 1.807) is 26.0 Å². The van der Waals surface area contributed by atoms with Crippen LogP contribution in [-0.4, -0.2) is 40.0 Å². The number of carbonyl (C=O) groups is 1. The molecule has 0 radical (unpaired) electrons. The molecule has 0 aliphatic carbocycles. The van der Waals surface area contributed by atoms with Crippen molar-refractivity contribution < 1.29 is 13.2 Å². The van der Waals surface area contributed by atoms with Gasteiger partial charge in [-0.05, 0) is 76.4 Å². The van der Waals surface area contributed by atoms with Gasteiger partial charge >= 0.3 is 0 Å². The summed E-state index contributed by atoms with van der Waals surface area (Å²) < 4.78 is 26.6. The molecular formula is C17H27N3O3S. The first kappa shape index (κ1) is 18.9. The molecule has 1 heterocycles. The van der Waals surface area contributed by atoms with Gasteiger partial charge < -0.3 is 10.6 Å². The van der Waals surface area contributed by atoms with Crippen molar-refractivity contribution in [3.63, 3.8) is 0 Å². The molecule has 134 valence electrons. The summed E-state index contributed by atoms with van der Waals surface area (Å²) >= 11 is 0. The summed E-state index contributed by atoms with van der Waals surface area (Å²) in [7, 11) is -3.52. The highest BCUT2D eigenvalue weighted by molar-refractivity contribution is 7.89. The molecule has 6 nitrogen and oxygen atoms in total. The zero-order valence-electron chi connectivity index (χ0n) is 14.3. The van der Waals surface area contributed by atoms with Crippen molar-refractivity contribution in [3.05, 3.63) is 29.8 Å². The van der Waals surface area contributed by atoms with E-state index in [0.29, 0.717) is 18.0 Å². The largest absolute Gasteiger partial charge is 0.352 e. The third-order valence-corrected chi connectivity index (χ3v) is 5.73. The number of amides is 1. The number of hydrogen-bond donors (Lipinski definition) is 3. The summed E-state index contributed by atoms with van der Waals surface area (Å²) in [5.74, 6) is 0.452. The molecule has 2 rings (SSSR count). The smallest absolute Gasteiger partial charge is 0.251 e. The van der Waals surface area contributed by atoms with Crippen LogP contribution in [0.15, 0.2) is 29.2 Å². The monoisotopic (exact) mass is 353 g/mol. The Labute approximate surface area is 144 Å². The second-order valence-electron chi connectivity index (χ2n) is 6.56. The van der Waals surface area contributed by atoms with Gasteiger partial charge in [-0.25, -0.2) is 13.1 Å². The lowest BCUT2D eigenvalue weighted by molar-refractivity contribution is 0.0950. The molecule has 24 heavy (non-hydrogen) atoms. The molecule has 1 fully saturated rings. The van der Waals surface area contributed by atoms with Crippen LogP contribution in [0.3, 0.4) is 0 Å². The molecule has 1 saturated heterocycles. The fraction of sp³-hybridized carbons (Fsp3) is 0.588. The highest BCUT2D eigenvalue weighted by Gasteiger charge is 2.16. The van der Waals surface area contributed by atoms with Crippen LogP contribution in [0.25, 0.3) is 0 Å². The van der Waals surface area contributed by atoms with E-state index in [1.807, 2.05) is 0 Å². The van der Waals surface area contributed by atoms with Gasteiger partial charge in [-0.2, -0.15) is 0 Å². The van der Waals surface area contributed by atoms with Crippen molar-refractivity contribution in [3.8, 4) is 0 Å². The molecule has 1 aliphatic heterocycles. The fourth-order valence-electron chi connectivity index (χ4n) is 2.83. The normalized spacial score (nSPS) is 18.5. The summed E-state index contributed by atoms with van der Waals surface area (Å²) in [6.45, 7) is 6.28. The number of nitrogens with one attached hydrogen (secondary N) is 3. The summed E-state index contributed by atoms with van der Waals surface area (Å²) in [6, 6.07) is 5.85. The topological polar surface area (TPSA) is 87.3 Å². The van der Waals surface area contributed by atoms with Gasteiger partial charge in [0, 0.05) is 18.2 Å². The van der Waals surface area contributed by atoms with Gasteiger partial charge in [-0.3, -0.25) is 4.79 Å². The standard InChI is InChI=1S/C17H27N3O3S/c1-13(2)20-24(22,23)16-7-5-15(6-8-16)17(21)19-11-9-14-4-3-10-18-12-14/h5-8,13-14,18,20H,3-4,9-12H2,1-2H3,(H,19,21). The van der Waals surface area contributed by atoms with Crippen molar-refractivity contribution in [2.24, 2.45) is 5.92 Å². The zero-order chi connectivity index (χ0) is 17.6. The maximum Gasteiger partial charge on any atom is 0.251 e. The van der Waals surface area contributed by atoms with E-state index >= 15 is 0 Å². The van der Waals surface area contributed by atoms with Gasteiger partial charge in [0.15, 0.2) is 0 Å². The van der Waals surface area contributed by atoms with Crippen LogP contribution in [0, 0.1) is 5.92 Å². The molecule has 0 spiro atoms. The lowest BCUT2D eigenvalue weighted by atomic mass is 9.96. The van der Waals surface area contributed by atoms with E-state index in [1.165, 1.54) is 25.0 Å². The summed E-state index contributed by atoms with van der Waals surface area (Å²) in [5, 5.41) is 6.27. The Balaban J connectivity index is 1.86. The van der Waals surface area contributed by atoms with Crippen LogP contribution >= 0.6 is 0 Å². The van der Waals surface area contributed by atoms with Gasteiger partial charge in [-0.15, -0.1) is 0 Å². The number of carbonyl (C=O) groups excluding carboxylic acids is 1. The van der Waals surface area contributed by atoms with E-state index in [2.05, 4.69) is 15.4 Å². The van der Waals surface area contributed by atoms with Gasteiger partial charge in [0.2, 0.25) is 10.0 Å². The Hall–Kier alpha value is -1.44. The van der Waals surface area contributed by atoms with Crippen molar-refractivity contribution >= 4 is 15.9 Å². The SMILES string of the molecule is CC(C)NS(=O)(=O)c1ccc(C(=O)NCCC2CCCNC2)cc1. The average molecular weight is 353 g/mol. The van der Waals surface area contributed by atoms with Crippen molar-refractivity contribution in [1.29, 1.82) is 0 Å². The van der Waals surface area contributed by atoms with E-state index in [0.717, 1.165) is 19.5 Å². The minimum Gasteiger partial charge on any atom is -0.352 e. The minimum atomic E-state index is -3.52. The molecule has 1 unspecified atom stereocenters. The van der Waals surface area contributed by atoms with Gasteiger partial charge in [0.1, 0.15) is 0 Å². The molecule has 0 aromatic heterocycles. The molecule has 1 amide bonds. The number of benzene rings is 1. The first-order valence-corrected chi connectivity index (χ1v) is 9.98. The quantitative estimate of drug-likeness (QED) is 0.693. The van der Waals surface area contributed by atoms with Crippen LogP contribution < -0.4 is 15.4 Å². The lowest BCUT2D eigenvalue weighted by Crippen LogP contribution is -2.33. The number of rotatable bonds is 7. The molecule has 3 N–H and O–H groups in total. The second-order valence-corrected chi connectivity index (χ2v) is 8.27. The fourth-order valence-corrected chi connectivity index (χ4v) is 4.08. The highest BCUT2D eigenvalue weighted by Crippen LogP contribution is 2.14. The highest BCUT2D eigenvalue weighted by atomic mass is 32.2. The molecule has 1 aromatic rings. The summed E-state index contributed by atoms with van der Waals surface area (Å²) in [4.78, 5) is 12.3. The predicted molar refractivity (Wildman–Crippen MR) is 94.4 cm³/mol. The van der Waals surface area contributed by atoms with Crippen LogP contribution in [0.5, 0.6) is 0 Å².